The van der Waals surface area contributed by atoms with Crippen molar-refractivity contribution in [2.75, 3.05) is 19.7 Å². The van der Waals surface area contributed by atoms with Gasteiger partial charge < -0.3 is 14.8 Å². The van der Waals surface area contributed by atoms with Crippen molar-refractivity contribution in [3.63, 3.8) is 0 Å². The third kappa shape index (κ3) is 4.76. The number of piperidine rings is 1. The lowest BCUT2D eigenvalue weighted by Gasteiger charge is -2.38. The van der Waals surface area contributed by atoms with Gasteiger partial charge >= 0.3 is 0 Å². The van der Waals surface area contributed by atoms with E-state index < -0.39 is 11.6 Å². The second-order valence-corrected chi connectivity index (χ2v) is 8.99. The summed E-state index contributed by atoms with van der Waals surface area (Å²) in [6, 6.07) is 13.4. The van der Waals surface area contributed by atoms with Gasteiger partial charge in [0.2, 0.25) is 0 Å². The number of hydrogen-bond donors (Lipinski definition) is 0. The van der Waals surface area contributed by atoms with Gasteiger partial charge in [0, 0.05) is 36.8 Å². The average molecular weight is 480 g/mol. The monoisotopic (exact) mass is 479 g/mol. The Morgan fingerprint density at radius 2 is 1.83 bits per heavy atom. The minimum absolute atomic E-state index is 0.363. The molecule has 2 aromatic carbocycles. The predicted octanol–water partition coefficient (Wildman–Crippen LogP) is 4.41. The second-order valence-electron chi connectivity index (χ2n) is 8.99. The van der Waals surface area contributed by atoms with Crippen molar-refractivity contribution in [3.05, 3.63) is 106 Å². The standard InChI is InChI=1S/C27H27F2N3O3/c1-2-35-30-26(21-7-8-24(28)25(29)15-21)20-5-3-19(4-6-20)16-31-13-10-27(11-14-31)23-17-32(33)12-9-22(23)18-34-27/h3-9,12,15,17H,2,10-11,13-14,16,18H2,1H3/b30-26-. The highest BCUT2D eigenvalue weighted by molar-refractivity contribution is 6.12. The van der Waals surface area contributed by atoms with Crippen LogP contribution in [0.15, 0.2) is 66.1 Å². The Hall–Kier alpha value is -3.36. The molecule has 1 spiro atoms. The molecule has 0 N–H and O–H groups in total. The highest BCUT2D eigenvalue weighted by Gasteiger charge is 2.44. The molecule has 3 aromatic rings. The quantitative estimate of drug-likeness (QED) is 0.228. The van der Waals surface area contributed by atoms with Gasteiger partial charge in [-0.2, -0.15) is 4.73 Å². The maximum atomic E-state index is 13.8. The maximum Gasteiger partial charge on any atom is 0.186 e. The first-order chi connectivity index (χ1) is 17.0. The van der Waals surface area contributed by atoms with Gasteiger partial charge in [-0.15, -0.1) is 0 Å². The number of likely N-dealkylation sites (tertiary alicyclic amines) is 1. The molecular formula is C27H27F2N3O3. The number of fused-ring (bicyclic) bond motifs is 2. The van der Waals surface area contributed by atoms with Gasteiger partial charge in [0.25, 0.3) is 0 Å². The Balaban J connectivity index is 1.27. The van der Waals surface area contributed by atoms with Crippen molar-refractivity contribution in [3.8, 4) is 0 Å². The Morgan fingerprint density at radius 1 is 1.09 bits per heavy atom. The Morgan fingerprint density at radius 3 is 2.54 bits per heavy atom. The molecule has 1 aromatic heterocycles. The van der Waals surface area contributed by atoms with Crippen LogP contribution in [0.2, 0.25) is 0 Å². The van der Waals surface area contributed by atoms with Gasteiger partial charge in [-0.1, -0.05) is 29.4 Å². The third-order valence-electron chi connectivity index (χ3n) is 6.80. The molecule has 1 fully saturated rings. The van der Waals surface area contributed by atoms with Crippen molar-refractivity contribution >= 4 is 5.71 Å². The number of benzene rings is 2. The lowest BCUT2D eigenvalue weighted by atomic mass is 9.84. The zero-order chi connectivity index (χ0) is 24.4. The molecule has 35 heavy (non-hydrogen) atoms. The molecule has 0 amide bonds. The van der Waals surface area contributed by atoms with Gasteiger partial charge in [0.05, 0.1) is 12.2 Å². The molecule has 0 atom stereocenters. The predicted molar refractivity (Wildman–Crippen MR) is 126 cm³/mol. The molecule has 3 heterocycles. The van der Waals surface area contributed by atoms with Crippen LogP contribution in [0.4, 0.5) is 8.78 Å². The van der Waals surface area contributed by atoms with Crippen LogP contribution in [-0.2, 0) is 28.3 Å². The first kappa shape index (κ1) is 23.4. The molecule has 5 rings (SSSR count). The number of halogens is 2. The Bertz CT molecular complexity index is 1240. The van der Waals surface area contributed by atoms with Crippen LogP contribution < -0.4 is 4.73 Å². The molecule has 182 valence electrons. The van der Waals surface area contributed by atoms with E-state index in [1.807, 2.05) is 37.3 Å². The van der Waals surface area contributed by atoms with E-state index in [2.05, 4.69) is 10.1 Å². The summed E-state index contributed by atoms with van der Waals surface area (Å²) >= 11 is 0. The zero-order valence-electron chi connectivity index (χ0n) is 19.5. The number of ether oxygens (including phenoxy) is 1. The van der Waals surface area contributed by atoms with Crippen LogP contribution in [0.3, 0.4) is 0 Å². The molecule has 0 aliphatic carbocycles. The van der Waals surface area contributed by atoms with E-state index >= 15 is 0 Å². The van der Waals surface area contributed by atoms with Crippen LogP contribution >= 0.6 is 0 Å². The minimum Gasteiger partial charge on any atom is -0.619 e. The molecule has 2 aliphatic rings. The number of aromatic nitrogens is 1. The molecule has 1 saturated heterocycles. The summed E-state index contributed by atoms with van der Waals surface area (Å²) in [5, 5.41) is 16.0. The third-order valence-corrected chi connectivity index (χ3v) is 6.80. The summed E-state index contributed by atoms with van der Waals surface area (Å²) in [5.74, 6) is -1.83. The summed E-state index contributed by atoms with van der Waals surface area (Å²) in [4.78, 5) is 7.61. The van der Waals surface area contributed by atoms with Crippen LogP contribution in [0.5, 0.6) is 0 Å². The maximum absolute atomic E-state index is 13.8. The van der Waals surface area contributed by atoms with E-state index in [4.69, 9.17) is 9.57 Å². The highest BCUT2D eigenvalue weighted by atomic mass is 19.2. The summed E-state index contributed by atoms with van der Waals surface area (Å²) in [6.07, 6.45) is 4.86. The van der Waals surface area contributed by atoms with Gasteiger partial charge in [0.15, 0.2) is 24.0 Å². The normalized spacial score (nSPS) is 17.5. The summed E-state index contributed by atoms with van der Waals surface area (Å²) < 4.78 is 34.3. The molecule has 6 nitrogen and oxygen atoms in total. The summed E-state index contributed by atoms with van der Waals surface area (Å²) in [5.41, 5.74) is 4.55. The van der Waals surface area contributed by atoms with Crippen molar-refractivity contribution in [1.82, 2.24) is 4.90 Å². The van der Waals surface area contributed by atoms with Crippen molar-refractivity contribution in [2.45, 2.75) is 38.5 Å². The van der Waals surface area contributed by atoms with E-state index in [0.717, 1.165) is 71.6 Å². The van der Waals surface area contributed by atoms with E-state index in [0.29, 0.717) is 24.5 Å². The fraction of sp³-hybridized carbons (Fsp3) is 0.333. The largest absolute Gasteiger partial charge is 0.619 e. The highest BCUT2D eigenvalue weighted by Crippen LogP contribution is 2.43. The lowest BCUT2D eigenvalue weighted by molar-refractivity contribution is -0.606. The van der Waals surface area contributed by atoms with Crippen LogP contribution in [0, 0.1) is 16.8 Å². The van der Waals surface area contributed by atoms with Gasteiger partial charge in [0.1, 0.15) is 17.9 Å². The van der Waals surface area contributed by atoms with Crippen molar-refractivity contribution in [2.24, 2.45) is 5.16 Å². The van der Waals surface area contributed by atoms with E-state index in [1.54, 1.807) is 6.20 Å². The molecule has 0 bridgehead atoms. The fourth-order valence-electron chi connectivity index (χ4n) is 4.89. The van der Waals surface area contributed by atoms with E-state index in [9.17, 15) is 14.0 Å². The number of oxime groups is 1. The minimum atomic E-state index is -0.926. The topological polar surface area (TPSA) is 61.0 Å². The average Bonchev–Trinajstić information content (AvgIpc) is 3.21. The van der Waals surface area contributed by atoms with E-state index in [1.165, 1.54) is 12.3 Å². The zero-order valence-corrected chi connectivity index (χ0v) is 19.5. The number of nitrogens with zero attached hydrogens (tertiary/aromatic N) is 3. The first-order valence-corrected chi connectivity index (χ1v) is 11.8. The fourth-order valence-corrected chi connectivity index (χ4v) is 4.89. The summed E-state index contributed by atoms with van der Waals surface area (Å²) in [7, 11) is 0. The van der Waals surface area contributed by atoms with Crippen LogP contribution in [0.1, 0.15) is 47.6 Å². The van der Waals surface area contributed by atoms with Crippen LogP contribution in [0.25, 0.3) is 0 Å². The molecule has 0 unspecified atom stereocenters. The second kappa shape index (κ2) is 9.71. The molecule has 8 heteroatoms. The number of hydrogen-bond acceptors (Lipinski definition) is 5. The van der Waals surface area contributed by atoms with Crippen LogP contribution in [-0.4, -0.2) is 30.3 Å². The van der Waals surface area contributed by atoms with Gasteiger partial charge in [-0.25, -0.2) is 8.78 Å². The summed E-state index contributed by atoms with van der Waals surface area (Å²) in [6.45, 7) is 5.24. The smallest absolute Gasteiger partial charge is 0.186 e. The Labute approximate surface area is 203 Å². The van der Waals surface area contributed by atoms with Gasteiger partial charge in [-0.3, -0.25) is 4.90 Å². The number of rotatable bonds is 6. The van der Waals surface area contributed by atoms with Crippen molar-refractivity contribution < 1.29 is 23.1 Å². The molecule has 0 saturated carbocycles. The molecule has 0 radical (unpaired) electrons. The SMILES string of the molecule is CCO/N=C(/c1ccc(CN2CCC3(CC2)OCc2cc[n+]([O-])cc23)cc1)c1ccc(F)c(F)c1. The van der Waals surface area contributed by atoms with E-state index in [-0.39, 0.29) is 5.60 Å². The Kier molecular flexibility index (Phi) is 6.49. The van der Waals surface area contributed by atoms with Gasteiger partial charge in [-0.05, 0) is 49.1 Å². The molecular weight excluding hydrogens is 452 g/mol. The number of pyridine rings is 1. The molecule has 2 aliphatic heterocycles. The first-order valence-electron chi connectivity index (χ1n) is 11.8. The lowest BCUT2D eigenvalue weighted by Crippen LogP contribution is -2.43. The van der Waals surface area contributed by atoms with Crippen molar-refractivity contribution in [1.29, 1.82) is 0 Å².